The van der Waals surface area contributed by atoms with Crippen molar-refractivity contribution in [1.82, 2.24) is 20.4 Å². The molecule has 0 heterocycles. The lowest BCUT2D eigenvalue weighted by molar-refractivity contribution is -0.140. The highest BCUT2D eigenvalue weighted by atomic mass is 16.4. The highest BCUT2D eigenvalue weighted by molar-refractivity contribution is 5.79. The molecule has 0 aromatic heterocycles. The van der Waals surface area contributed by atoms with Crippen LogP contribution in [-0.2, 0) is 24.0 Å². The lowest BCUT2D eigenvalue weighted by Gasteiger charge is -2.26. The minimum Gasteiger partial charge on any atom is -0.481 e. The van der Waals surface area contributed by atoms with E-state index in [1.54, 1.807) is 4.90 Å². The van der Waals surface area contributed by atoms with E-state index in [9.17, 15) is 39.3 Å². The summed E-state index contributed by atoms with van der Waals surface area (Å²) in [4.78, 5) is 63.5. The molecule has 0 fully saturated rings. The third-order valence-corrected chi connectivity index (χ3v) is 11.6. The van der Waals surface area contributed by atoms with Crippen molar-refractivity contribution in [3.8, 4) is 0 Å². The maximum atomic E-state index is 12.8. The van der Waals surface area contributed by atoms with Crippen molar-refractivity contribution in [2.75, 3.05) is 52.4 Å². The van der Waals surface area contributed by atoms with Gasteiger partial charge in [-0.2, -0.15) is 0 Å². The average molecular weight is 891 g/mol. The number of carboxylic acid groups (broad SMARTS) is 3. The zero-order valence-electron chi connectivity index (χ0n) is 40.2. The predicted octanol–water partition coefficient (Wildman–Crippen LogP) is 10.9. The van der Waals surface area contributed by atoms with Crippen molar-refractivity contribution >= 4 is 29.7 Å². The second-order valence-electron chi connectivity index (χ2n) is 17.8. The van der Waals surface area contributed by atoms with Crippen LogP contribution in [0.2, 0.25) is 0 Å². The van der Waals surface area contributed by atoms with Gasteiger partial charge in [0.1, 0.15) is 0 Å². The molecule has 63 heavy (non-hydrogen) atoms. The Morgan fingerprint density at radius 3 is 1.19 bits per heavy atom. The maximum absolute atomic E-state index is 12.8. The Morgan fingerprint density at radius 2 is 0.778 bits per heavy atom. The van der Waals surface area contributed by atoms with E-state index in [0.717, 1.165) is 51.4 Å². The van der Waals surface area contributed by atoms with Crippen LogP contribution in [0.15, 0.2) is 24.3 Å². The molecule has 0 aliphatic heterocycles. The monoisotopic (exact) mass is 891 g/mol. The van der Waals surface area contributed by atoms with Crippen LogP contribution in [0.1, 0.15) is 213 Å². The zero-order chi connectivity index (χ0) is 46.4. The number of nitrogens with one attached hydrogen (secondary N) is 2. The van der Waals surface area contributed by atoms with Gasteiger partial charge >= 0.3 is 17.9 Å². The number of carbonyl (C=O) groups excluding carboxylic acids is 2. The van der Waals surface area contributed by atoms with Gasteiger partial charge in [0, 0.05) is 39.0 Å². The fourth-order valence-electron chi connectivity index (χ4n) is 7.83. The summed E-state index contributed by atoms with van der Waals surface area (Å²) in [5.41, 5.74) is 0. The number of nitrogens with zero attached hydrogens (tertiary/aromatic N) is 2. The molecule has 366 valence electrons. The minimum atomic E-state index is -1.09. The van der Waals surface area contributed by atoms with Crippen LogP contribution >= 0.6 is 0 Å². The molecule has 0 saturated heterocycles. The lowest BCUT2D eigenvalue weighted by atomic mass is 9.96. The Bertz CT molecular complexity index is 1110. The van der Waals surface area contributed by atoms with Gasteiger partial charge in [0.25, 0.3) is 0 Å². The summed E-state index contributed by atoms with van der Waals surface area (Å²) in [6.45, 7) is 5.25. The molecule has 0 aromatic rings. The van der Waals surface area contributed by atoms with E-state index in [1.807, 2.05) is 0 Å². The highest BCUT2D eigenvalue weighted by Crippen LogP contribution is 2.16. The number of rotatable bonds is 48. The molecule has 2 amide bonds. The van der Waals surface area contributed by atoms with E-state index in [0.29, 0.717) is 13.1 Å². The number of carboxylic acids is 3. The van der Waals surface area contributed by atoms with Crippen molar-refractivity contribution in [3.63, 3.8) is 0 Å². The summed E-state index contributed by atoms with van der Waals surface area (Å²) < 4.78 is 0. The average Bonchev–Trinajstić information content (AvgIpc) is 3.23. The highest BCUT2D eigenvalue weighted by Gasteiger charge is 2.21. The third-order valence-electron chi connectivity index (χ3n) is 11.6. The molecule has 0 radical (unpaired) electrons. The third kappa shape index (κ3) is 45.1. The topological polar surface area (TPSA) is 177 Å². The Balaban J connectivity index is 4.42. The number of hydrogen-bond donors (Lipinski definition) is 5. The maximum Gasteiger partial charge on any atom is 0.317 e. The van der Waals surface area contributed by atoms with Crippen LogP contribution in [0.25, 0.3) is 0 Å². The quantitative estimate of drug-likeness (QED) is 0.0292. The Hall–Kier alpha value is -3.25. The van der Waals surface area contributed by atoms with Crippen molar-refractivity contribution in [1.29, 1.82) is 0 Å². The number of allylic oxidation sites excluding steroid dienone is 4. The summed E-state index contributed by atoms with van der Waals surface area (Å²) in [6, 6.07) is 0. The van der Waals surface area contributed by atoms with Crippen LogP contribution in [0.4, 0.5) is 0 Å². The van der Waals surface area contributed by atoms with Crippen molar-refractivity contribution in [2.45, 2.75) is 213 Å². The van der Waals surface area contributed by atoms with Crippen LogP contribution in [0, 0.1) is 5.92 Å². The molecule has 0 spiro atoms. The van der Waals surface area contributed by atoms with E-state index >= 15 is 0 Å². The second-order valence-corrected chi connectivity index (χ2v) is 17.8. The molecule has 0 aromatic carbocycles. The lowest BCUT2D eigenvalue weighted by Crippen LogP contribution is -2.44. The predicted molar refractivity (Wildman–Crippen MR) is 258 cm³/mol. The summed E-state index contributed by atoms with van der Waals surface area (Å²) in [7, 11) is 0. The van der Waals surface area contributed by atoms with Gasteiger partial charge in [0.2, 0.25) is 11.8 Å². The number of amides is 2. The SMILES string of the molecule is CCCCCCCC/C=C\CCCCCCCCNC(=O)CC(CCN(CCN(CC(=O)O)CC(=O)NCCCCCCCC/C=C\CCCCCCCC)CC(=O)O)CC(=O)O. The molecule has 0 bridgehead atoms. The molecular formula is C51H94N4O8. The van der Waals surface area contributed by atoms with E-state index in [4.69, 9.17) is 0 Å². The Morgan fingerprint density at radius 1 is 0.413 bits per heavy atom. The summed E-state index contributed by atoms with van der Waals surface area (Å²) in [6.07, 6.45) is 43.1. The van der Waals surface area contributed by atoms with E-state index in [-0.39, 0.29) is 70.3 Å². The van der Waals surface area contributed by atoms with E-state index in [1.165, 1.54) is 133 Å². The Labute approximate surface area is 383 Å². The zero-order valence-corrected chi connectivity index (χ0v) is 40.2. The smallest absolute Gasteiger partial charge is 0.317 e. The fourth-order valence-corrected chi connectivity index (χ4v) is 7.83. The first-order valence-corrected chi connectivity index (χ1v) is 25.5. The van der Waals surface area contributed by atoms with Crippen LogP contribution in [0.5, 0.6) is 0 Å². The molecule has 1 atom stereocenters. The molecule has 0 rings (SSSR count). The largest absolute Gasteiger partial charge is 0.481 e. The van der Waals surface area contributed by atoms with Gasteiger partial charge < -0.3 is 26.0 Å². The standard InChI is InChI=1S/C51H94N4O8/c1-3-5-7-9-11-13-15-17-19-21-23-25-27-29-31-33-36-52-47(56)41-46(42-49(58)59)35-38-54(44-50(60)61)39-40-55(45-51(62)63)43-48(57)53-37-34-32-30-28-26-24-22-20-18-16-14-12-10-8-6-4-2/h17-20,46H,3-16,21-45H2,1-2H3,(H,52,56)(H,53,57)(H,58,59)(H,60,61)(H,62,63)/b19-17-,20-18-. The van der Waals surface area contributed by atoms with E-state index in [2.05, 4.69) is 48.8 Å². The molecule has 0 saturated carbocycles. The van der Waals surface area contributed by atoms with Gasteiger partial charge in [-0.25, -0.2) is 0 Å². The Kier molecular flexibility index (Phi) is 43.0. The second kappa shape index (κ2) is 45.3. The number of unbranched alkanes of at least 4 members (excludes halogenated alkanes) is 24. The first kappa shape index (κ1) is 59.8. The van der Waals surface area contributed by atoms with Crippen LogP contribution < -0.4 is 10.6 Å². The summed E-state index contributed by atoms with van der Waals surface area (Å²) in [5, 5.41) is 34.4. The number of aliphatic carboxylic acids is 3. The summed E-state index contributed by atoms with van der Waals surface area (Å²) >= 11 is 0. The van der Waals surface area contributed by atoms with Gasteiger partial charge in [-0.05, 0) is 83.1 Å². The molecular weight excluding hydrogens is 797 g/mol. The van der Waals surface area contributed by atoms with E-state index < -0.39 is 23.8 Å². The molecule has 0 aliphatic rings. The first-order chi connectivity index (χ1) is 30.6. The fraction of sp³-hybridized carbons (Fsp3) is 0.824. The van der Waals surface area contributed by atoms with Gasteiger partial charge in [-0.3, -0.25) is 33.8 Å². The number of hydrogen-bond acceptors (Lipinski definition) is 7. The van der Waals surface area contributed by atoms with Gasteiger partial charge in [0.15, 0.2) is 0 Å². The number of carbonyl (C=O) groups is 5. The molecule has 12 nitrogen and oxygen atoms in total. The van der Waals surface area contributed by atoms with Crippen LogP contribution in [0.3, 0.4) is 0 Å². The van der Waals surface area contributed by atoms with Gasteiger partial charge in [-0.1, -0.05) is 154 Å². The van der Waals surface area contributed by atoms with Crippen molar-refractivity contribution < 1.29 is 39.3 Å². The normalized spacial score (nSPS) is 12.2. The molecule has 1 unspecified atom stereocenters. The molecule has 5 N–H and O–H groups in total. The molecule has 0 aliphatic carbocycles. The minimum absolute atomic E-state index is 0.0297. The molecule has 12 heteroatoms. The van der Waals surface area contributed by atoms with Gasteiger partial charge in [-0.15, -0.1) is 0 Å². The van der Waals surface area contributed by atoms with Crippen molar-refractivity contribution in [2.24, 2.45) is 5.92 Å². The van der Waals surface area contributed by atoms with Crippen LogP contribution in [-0.4, -0.2) is 107 Å². The van der Waals surface area contributed by atoms with Crippen molar-refractivity contribution in [3.05, 3.63) is 24.3 Å². The first-order valence-electron chi connectivity index (χ1n) is 25.5. The van der Waals surface area contributed by atoms with Gasteiger partial charge in [0.05, 0.1) is 19.6 Å². The summed E-state index contributed by atoms with van der Waals surface area (Å²) in [5.74, 6) is -4.17.